The Kier molecular flexibility index (Phi) is 5.85. The van der Waals surface area contributed by atoms with E-state index in [1.807, 2.05) is 24.1 Å². The van der Waals surface area contributed by atoms with Gasteiger partial charge in [-0.3, -0.25) is 14.5 Å². The molecule has 0 atom stereocenters. The lowest BCUT2D eigenvalue weighted by Crippen LogP contribution is -2.44. The molecule has 1 N–H and O–H groups in total. The van der Waals surface area contributed by atoms with Crippen LogP contribution in [0.15, 0.2) is 18.3 Å². The van der Waals surface area contributed by atoms with E-state index in [0.717, 1.165) is 58.9 Å². The van der Waals surface area contributed by atoms with Crippen LogP contribution in [0.4, 0.5) is 9.93 Å². The number of hydrogen-bond acceptors (Lipinski definition) is 6. The lowest BCUT2D eigenvalue weighted by molar-refractivity contribution is -0.114. The second kappa shape index (κ2) is 8.83. The highest BCUT2D eigenvalue weighted by Gasteiger charge is 2.33. The first kappa shape index (κ1) is 22.5. The first-order valence-corrected chi connectivity index (χ1v) is 12.4. The summed E-state index contributed by atoms with van der Waals surface area (Å²) in [6, 6.07) is 4.34. The maximum Gasteiger partial charge on any atom is 0.319 e. The first-order chi connectivity index (χ1) is 16.3. The van der Waals surface area contributed by atoms with Crippen LogP contribution < -0.4 is 5.32 Å². The van der Waals surface area contributed by atoms with Gasteiger partial charge in [0.25, 0.3) is 0 Å². The molecule has 0 spiro atoms. The summed E-state index contributed by atoms with van der Waals surface area (Å²) in [5, 5.41) is 8.62. The van der Waals surface area contributed by atoms with Crippen molar-refractivity contribution in [1.82, 2.24) is 29.5 Å². The molecule has 1 aliphatic carbocycles. The molecule has 0 bridgehead atoms. The number of pyridine rings is 1. The Morgan fingerprint density at radius 2 is 1.94 bits per heavy atom. The van der Waals surface area contributed by atoms with Crippen molar-refractivity contribution in [3.8, 4) is 21.8 Å². The van der Waals surface area contributed by atoms with Crippen LogP contribution in [-0.2, 0) is 17.6 Å². The molecule has 0 unspecified atom stereocenters. The van der Waals surface area contributed by atoms with Crippen molar-refractivity contribution in [3.63, 3.8) is 0 Å². The zero-order valence-electron chi connectivity index (χ0n) is 20.0. The average molecular weight is 480 g/mol. The summed E-state index contributed by atoms with van der Waals surface area (Å²) in [6.07, 6.45) is 5.22. The van der Waals surface area contributed by atoms with E-state index in [4.69, 9.17) is 10.1 Å². The molecule has 5 rings (SSSR count). The first-order valence-electron chi connectivity index (χ1n) is 11.6. The van der Waals surface area contributed by atoms with Crippen LogP contribution in [0.25, 0.3) is 21.8 Å². The summed E-state index contributed by atoms with van der Waals surface area (Å²) in [5.74, 6) is -0.121. The largest absolute Gasteiger partial charge is 0.331 e. The van der Waals surface area contributed by atoms with E-state index in [1.54, 1.807) is 19.0 Å². The molecule has 3 aromatic rings. The lowest BCUT2D eigenvalue weighted by Gasteiger charge is -2.34. The van der Waals surface area contributed by atoms with Gasteiger partial charge in [-0.2, -0.15) is 5.10 Å². The second-order valence-corrected chi connectivity index (χ2v) is 10.2. The molecule has 3 aromatic heterocycles. The molecule has 34 heavy (non-hydrogen) atoms. The Bertz CT molecular complexity index is 1240. The summed E-state index contributed by atoms with van der Waals surface area (Å²) in [7, 11) is 3.58. The van der Waals surface area contributed by atoms with Gasteiger partial charge in [0, 0.05) is 57.1 Å². The Balaban J connectivity index is 1.55. The molecule has 4 heterocycles. The minimum absolute atomic E-state index is 0.0528. The fraction of sp³-hybridized carbons (Fsp3) is 0.458. The number of aromatic nitrogens is 4. The van der Waals surface area contributed by atoms with Gasteiger partial charge in [-0.25, -0.2) is 9.78 Å². The van der Waals surface area contributed by atoms with Crippen LogP contribution in [0.1, 0.15) is 42.8 Å². The number of fused-ring (bicyclic) bond motifs is 3. The Morgan fingerprint density at radius 1 is 1.18 bits per heavy atom. The number of rotatable bonds is 3. The molecule has 0 aromatic carbocycles. The summed E-state index contributed by atoms with van der Waals surface area (Å²) < 4.78 is 2.16. The van der Waals surface area contributed by atoms with Crippen LogP contribution in [0.3, 0.4) is 0 Å². The predicted molar refractivity (Wildman–Crippen MR) is 132 cm³/mol. The van der Waals surface area contributed by atoms with Crippen molar-refractivity contribution in [2.45, 2.75) is 45.6 Å². The number of nitrogens with zero attached hydrogens (tertiary/aromatic N) is 6. The topological polar surface area (TPSA) is 96.3 Å². The fourth-order valence-electron chi connectivity index (χ4n) is 4.79. The average Bonchev–Trinajstić information content (AvgIpc) is 3.39. The van der Waals surface area contributed by atoms with E-state index < -0.39 is 0 Å². The standard InChI is InChI=1S/C24H29N7O2S/c1-14-5-6-16(13-25-14)20-18-7-8-19-22(34-23(27-19)26-15(2)32)21(18)31(28-20)17-9-11-30(12-10-17)24(33)29(3)4/h5-6,13,17H,7-12H2,1-4H3,(H,26,27,32). The molecule has 0 radical (unpaired) electrons. The molecule has 2 aliphatic rings. The molecule has 3 amide bonds. The van der Waals surface area contributed by atoms with Crippen LogP contribution >= 0.6 is 11.3 Å². The third-order valence-electron chi connectivity index (χ3n) is 6.46. The number of anilines is 1. The number of carbonyl (C=O) groups is 2. The highest BCUT2D eigenvalue weighted by Crippen LogP contribution is 2.45. The second-order valence-electron chi connectivity index (χ2n) is 9.18. The van der Waals surface area contributed by atoms with Crippen LogP contribution in [-0.4, -0.2) is 68.7 Å². The van der Waals surface area contributed by atoms with Gasteiger partial charge in [0.05, 0.1) is 28.0 Å². The number of amides is 3. The van der Waals surface area contributed by atoms with Crippen molar-refractivity contribution in [2.24, 2.45) is 0 Å². The van der Waals surface area contributed by atoms with Crippen LogP contribution in [0.2, 0.25) is 0 Å². The van der Waals surface area contributed by atoms with Gasteiger partial charge in [0.2, 0.25) is 5.91 Å². The summed E-state index contributed by atoms with van der Waals surface area (Å²) in [6.45, 7) is 4.88. The Labute approximate surface area is 202 Å². The van der Waals surface area contributed by atoms with Gasteiger partial charge in [-0.15, -0.1) is 0 Å². The third-order valence-corrected chi connectivity index (χ3v) is 7.48. The maximum absolute atomic E-state index is 12.4. The van der Waals surface area contributed by atoms with E-state index >= 15 is 0 Å². The van der Waals surface area contributed by atoms with Gasteiger partial charge in [-0.1, -0.05) is 11.3 Å². The van der Waals surface area contributed by atoms with Gasteiger partial charge in [0.1, 0.15) is 0 Å². The molecule has 0 saturated carbocycles. The van der Waals surface area contributed by atoms with Crippen LogP contribution in [0.5, 0.6) is 0 Å². The summed E-state index contributed by atoms with van der Waals surface area (Å²) in [4.78, 5) is 37.9. The fourth-order valence-corrected chi connectivity index (χ4v) is 5.91. The zero-order valence-corrected chi connectivity index (χ0v) is 20.8. The summed E-state index contributed by atoms with van der Waals surface area (Å²) >= 11 is 1.51. The number of thiazole rings is 1. The van der Waals surface area contributed by atoms with E-state index in [0.29, 0.717) is 18.2 Å². The molecule has 10 heteroatoms. The number of urea groups is 1. The van der Waals surface area contributed by atoms with E-state index in [-0.39, 0.29) is 18.0 Å². The van der Waals surface area contributed by atoms with Gasteiger partial charge in [-0.05, 0) is 44.7 Å². The third kappa shape index (κ3) is 4.06. The molecule has 9 nitrogen and oxygen atoms in total. The molecule has 178 valence electrons. The number of aryl methyl sites for hydroxylation is 2. The minimum atomic E-state index is -0.121. The number of nitrogens with one attached hydrogen (secondary N) is 1. The normalized spacial score (nSPS) is 15.6. The van der Waals surface area contributed by atoms with E-state index in [2.05, 4.69) is 21.0 Å². The van der Waals surface area contributed by atoms with Crippen molar-refractivity contribution in [2.75, 3.05) is 32.5 Å². The molecular weight excluding hydrogens is 450 g/mol. The van der Waals surface area contributed by atoms with Gasteiger partial charge >= 0.3 is 6.03 Å². The summed E-state index contributed by atoms with van der Waals surface area (Å²) in [5.41, 5.74) is 6.27. The zero-order chi connectivity index (χ0) is 24.0. The number of carbonyl (C=O) groups excluding carboxylic acids is 2. The molecule has 1 aliphatic heterocycles. The number of piperidine rings is 1. The van der Waals surface area contributed by atoms with E-state index in [1.165, 1.54) is 23.8 Å². The maximum atomic E-state index is 12.4. The molecular formula is C24H29N7O2S. The Hall–Kier alpha value is -3.27. The number of hydrogen-bond donors (Lipinski definition) is 1. The molecule has 1 fully saturated rings. The van der Waals surface area contributed by atoms with Crippen molar-refractivity contribution < 1.29 is 9.59 Å². The highest BCUT2D eigenvalue weighted by atomic mass is 32.1. The van der Waals surface area contributed by atoms with Crippen molar-refractivity contribution in [1.29, 1.82) is 0 Å². The molecule has 1 saturated heterocycles. The minimum Gasteiger partial charge on any atom is -0.331 e. The SMILES string of the molecule is CC(=O)Nc1nc2c(s1)-c1c(c(-c3ccc(C)nc3)nn1C1CCN(C(=O)N(C)C)CC1)CC2. The van der Waals surface area contributed by atoms with Gasteiger partial charge in [0.15, 0.2) is 5.13 Å². The lowest BCUT2D eigenvalue weighted by atomic mass is 9.95. The quantitative estimate of drug-likeness (QED) is 0.617. The Morgan fingerprint density at radius 3 is 2.59 bits per heavy atom. The monoisotopic (exact) mass is 479 g/mol. The van der Waals surface area contributed by atoms with Crippen molar-refractivity contribution in [3.05, 3.63) is 35.3 Å². The van der Waals surface area contributed by atoms with E-state index in [9.17, 15) is 9.59 Å². The smallest absolute Gasteiger partial charge is 0.319 e. The predicted octanol–water partition coefficient (Wildman–Crippen LogP) is 3.75. The van der Waals surface area contributed by atoms with Gasteiger partial charge < -0.3 is 15.1 Å². The number of likely N-dealkylation sites (tertiary alicyclic amines) is 1. The van der Waals surface area contributed by atoms with Crippen molar-refractivity contribution >= 4 is 28.4 Å². The van der Waals surface area contributed by atoms with Crippen LogP contribution in [0, 0.1) is 6.92 Å². The highest BCUT2D eigenvalue weighted by molar-refractivity contribution is 7.19.